The molecule has 4 nitrogen and oxygen atoms in total. The summed E-state index contributed by atoms with van der Waals surface area (Å²) in [6.07, 6.45) is 6.30. The first-order valence-corrected chi connectivity index (χ1v) is 9.10. The highest BCUT2D eigenvalue weighted by Crippen LogP contribution is 2.47. The molecule has 25 heavy (non-hydrogen) atoms. The second kappa shape index (κ2) is 10.7. The predicted molar refractivity (Wildman–Crippen MR) is 108 cm³/mol. The topological polar surface area (TPSA) is 44.7 Å². The van der Waals surface area contributed by atoms with E-state index in [1.54, 1.807) is 13.2 Å². The molecule has 0 bridgehead atoms. The average molecular weight is 412 g/mol. The second-order valence-corrected chi connectivity index (χ2v) is 7.05. The average Bonchev–Trinajstić information content (AvgIpc) is 2.61. The van der Waals surface area contributed by atoms with E-state index in [1.807, 2.05) is 6.07 Å². The van der Waals surface area contributed by atoms with Gasteiger partial charge in [0.15, 0.2) is 0 Å². The summed E-state index contributed by atoms with van der Waals surface area (Å²) < 4.78 is 5.58. The van der Waals surface area contributed by atoms with Crippen LogP contribution < -0.4 is 10.1 Å². The molecule has 1 aromatic carbocycles. The first-order chi connectivity index (χ1) is 11.2. The van der Waals surface area contributed by atoms with Crippen molar-refractivity contribution in [1.29, 1.82) is 0 Å². The number of rotatable bonds is 4. The van der Waals surface area contributed by atoms with E-state index in [2.05, 4.69) is 10.2 Å². The molecular formula is C18H29Cl3N2O2. The zero-order valence-electron chi connectivity index (χ0n) is 14.7. The van der Waals surface area contributed by atoms with Crippen molar-refractivity contribution in [2.75, 3.05) is 33.3 Å². The number of benzene rings is 1. The van der Waals surface area contributed by atoms with Gasteiger partial charge in [-0.15, -0.1) is 24.8 Å². The highest BCUT2D eigenvalue weighted by Gasteiger charge is 2.35. The summed E-state index contributed by atoms with van der Waals surface area (Å²) in [6.45, 7) is 3.98. The van der Waals surface area contributed by atoms with Gasteiger partial charge >= 0.3 is 0 Å². The van der Waals surface area contributed by atoms with E-state index < -0.39 is 0 Å². The minimum absolute atomic E-state index is 0. The van der Waals surface area contributed by atoms with Gasteiger partial charge in [-0.05, 0) is 30.9 Å². The smallest absolute Gasteiger partial charge is 0.142 e. The van der Waals surface area contributed by atoms with E-state index in [0.29, 0.717) is 10.9 Å². The molecule has 1 saturated carbocycles. The third kappa shape index (κ3) is 5.08. The van der Waals surface area contributed by atoms with Crippen molar-refractivity contribution >= 4 is 36.4 Å². The molecule has 2 fully saturated rings. The van der Waals surface area contributed by atoms with Crippen molar-refractivity contribution in [3.05, 3.63) is 22.7 Å². The minimum atomic E-state index is 0. The molecule has 1 aliphatic heterocycles. The Balaban J connectivity index is 0.00000156. The van der Waals surface area contributed by atoms with Gasteiger partial charge in [0.1, 0.15) is 11.5 Å². The normalized spacial score (nSPS) is 20.2. The zero-order chi connectivity index (χ0) is 16.2. The van der Waals surface area contributed by atoms with Crippen LogP contribution >= 0.6 is 36.4 Å². The van der Waals surface area contributed by atoms with E-state index in [1.165, 1.54) is 32.1 Å². The summed E-state index contributed by atoms with van der Waals surface area (Å²) >= 11 is 6.23. The molecule has 1 aliphatic carbocycles. The third-order valence-corrected chi connectivity index (χ3v) is 5.59. The molecule has 0 radical (unpaired) electrons. The number of phenols is 1. The highest BCUT2D eigenvalue weighted by molar-refractivity contribution is 6.32. The van der Waals surface area contributed by atoms with Crippen LogP contribution in [0.3, 0.4) is 0 Å². The van der Waals surface area contributed by atoms with E-state index in [-0.39, 0.29) is 36.6 Å². The lowest BCUT2D eigenvalue weighted by atomic mass is 9.79. The van der Waals surface area contributed by atoms with E-state index in [9.17, 15) is 5.11 Å². The van der Waals surface area contributed by atoms with Gasteiger partial charge in [0.2, 0.25) is 0 Å². The van der Waals surface area contributed by atoms with E-state index in [0.717, 1.165) is 37.5 Å². The first-order valence-electron chi connectivity index (χ1n) is 8.72. The molecule has 1 aromatic rings. The Labute approximate surface area is 168 Å². The van der Waals surface area contributed by atoms with Crippen LogP contribution in [-0.4, -0.2) is 43.3 Å². The maximum atomic E-state index is 10.7. The van der Waals surface area contributed by atoms with Crippen molar-refractivity contribution < 1.29 is 9.84 Å². The molecule has 0 amide bonds. The van der Waals surface area contributed by atoms with Crippen LogP contribution in [0.25, 0.3) is 0 Å². The van der Waals surface area contributed by atoms with Gasteiger partial charge in [0, 0.05) is 32.2 Å². The Morgan fingerprint density at radius 1 is 1.16 bits per heavy atom. The number of phenolic OH excluding ortho intramolecular Hbond substituents is 1. The standard InChI is InChI=1S/C18H27ClN2O2.2ClH/c1-23-15-8-7-14(19)18(22)16(15)17(13-5-3-2-4-6-13)21-11-9-20-10-12-21;;/h7-8,13,17,20,22H,2-6,9-12H2,1H3;2*1H/t17-;;/m0../s1. The van der Waals surface area contributed by atoms with Crippen LogP contribution in [0.4, 0.5) is 0 Å². The Hall–Kier alpha value is -0.390. The summed E-state index contributed by atoms with van der Waals surface area (Å²) in [4.78, 5) is 2.50. The Kier molecular flexibility index (Phi) is 9.68. The van der Waals surface area contributed by atoms with Crippen LogP contribution in [-0.2, 0) is 0 Å². The Bertz CT molecular complexity index is 515. The molecule has 2 aliphatic rings. The van der Waals surface area contributed by atoms with Crippen molar-refractivity contribution in [2.45, 2.75) is 38.1 Å². The van der Waals surface area contributed by atoms with Crippen molar-refractivity contribution in [3.63, 3.8) is 0 Å². The van der Waals surface area contributed by atoms with Gasteiger partial charge in [0.05, 0.1) is 17.7 Å². The molecule has 0 spiro atoms. The number of aromatic hydroxyl groups is 1. The number of hydrogen-bond acceptors (Lipinski definition) is 4. The molecule has 7 heteroatoms. The van der Waals surface area contributed by atoms with Gasteiger partial charge < -0.3 is 15.2 Å². The SMILES string of the molecule is COc1ccc(Cl)c(O)c1[C@H](C1CCCCC1)N1CCNCC1.Cl.Cl. The monoisotopic (exact) mass is 410 g/mol. The lowest BCUT2D eigenvalue weighted by molar-refractivity contribution is 0.0991. The fourth-order valence-electron chi connectivity index (χ4n) is 4.15. The molecular weight excluding hydrogens is 383 g/mol. The lowest BCUT2D eigenvalue weighted by Crippen LogP contribution is -2.47. The molecule has 1 atom stereocenters. The van der Waals surface area contributed by atoms with Gasteiger partial charge in [-0.1, -0.05) is 30.9 Å². The zero-order valence-corrected chi connectivity index (χ0v) is 17.1. The summed E-state index contributed by atoms with van der Waals surface area (Å²) in [7, 11) is 1.67. The summed E-state index contributed by atoms with van der Waals surface area (Å²) in [6, 6.07) is 3.79. The van der Waals surface area contributed by atoms with Crippen molar-refractivity contribution in [3.8, 4) is 11.5 Å². The molecule has 0 unspecified atom stereocenters. The van der Waals surface area contributed by atoms with E-state index >= 15 is 0 Å². The van der Waals surface area contributed by atoms with Crippen LogP contribution in [0.1, 0.15) is 43.7 Å². The number of halogens is 3. The number of nitrogens with one attached hydrogen (secondary N) is 1. The summed E-state index contributed by atoms with van der Waals surface area (Å²) in [5.74, 6) is 1.50. The van der Waals surface area contributed by atoms with Crippen LogP contribution in [0.5, 0.6) is 11.5 Å². The second-order valence-electron chi connectivity index (χ2n) is 6.64. The lowest BCUT2D eigenvalue weighted by Gasteiger charge is -2.41. The number of piperazine rings is 1. The fourth-order valence-corrected chi connectivity index (χ4v) is 4.32. The fraction of sp³-hybridized carbons (Fsp3) is 0.667. The highest BCUT2D eigenvalue weighted by atomic mass is 35.5. The van der Waals surface area contributed by atoms with Crippen LogP contribution in [0.2, 0.25) is 5.02 Å². The van der Waals surface area contributed by atoms with Gasteiger partial charge in [-0.2, -0.15) is 0 Å². The van der Waals surface area contributed by atoms with E-state index in [4.69, 9.17) is 16.3 Å². The van der Waals surface area contributed by atoms with Gasteiger partial charge in [-0.3, -0.25) is 4.90 Å². The van der Waals surface area contributed by atoms with Crippen molar-refractivity contribution in [2.24, 2.45) is 5.92 Å². The first kappa shape index (κ1) is 22.7. The number of nitrogens with zero attached hydrogens (tertiary/aromatic N) is 1. The third-order valence-electron chi connectivity index (χ3n) is 5.28. The quantitative estimate of drug-likeness (QED) is 0.769. The molecule has 144 valence electrons. The Morgan fingerprint density at radius 3 is 2.40 bits per heavy atom. The largest absolute Gasteiger partial charge is 0.506 e. The summed E-state index contributed by atoms with van der Waals surface area (Å²) in [5.41, 5.74) is 0.883. The number of hydrogen-bond donors (Lipinski definition) is 2. The van der Waals surface area contributed by atoms with Gasteiger partial charge in [0.25, 0.3) is 0 Å². The molecule has 2 N–H and O–H groups in total. The molecule has 3 rings (SSSR count). The Morgan fingerprint density at radius 2 is 1.80 bits per heavy atom. The summed E-state index contributed by atoms with van der Waals surface area (Å²) in [5, 5.41) is 14.5. The number of ether oxygens (including phenoxy) is 1. The molecule has 1 saturated heterocycles. The minimum Gasteiger partial charge on any atom is -0.506 e. The van der Waals surface area contributed by atoms with Crippen LogP contribution in [0.15, 0.2) is 12.1 Å². The van der Waals surface area contributed by atoms with Gasteiger partial charge in [-0.25, -0.2) is 0 Å². The van der Waals surface area contributed by atoms with Crippen LogP contribution in [0, 0.1) is 5.92 Å². The predicted octanol–water partition coefficient (Wildman–Crippen LogP) is 4.42. The maximum Gasteiger partial charge on any atom is 0.142 e. The van der Waals surface area contributed by atoms with Crippen molar-refractivity contribution in [1.82, 2.24) is 10.2 Å². The maximum absolute atomic E-state index is 10.7. The molecule has 1 heterocycles. The number of methoxy groups -OCH3 is 1. The molecule has 0 aromatic heterocycles.